The van der Waals surface area contributed by atoms with Crippen LogP contribution >= 0.6 is 0 Å². The van der Waals surface area contributed by atoms with Crippen LogP contribution in [0.15, 0.2) is 22.6 Å². The van der Waals surface area contributed by atoms with Crippen molar-refractivity contribution in [2.45, 2.75) is 27.3 Å². The summed E-state index contributed by atoms with van der Waals surface area (Å²) in [6.45, 7) is 5.69. The van der Waals surface area contributed by atoms with E-state index < -0.39 is 17.8 Å². The lowest BCUT2D eigenvalue weighted by Crippen LogP contribution is -2.30. The Kier molecular flexibility index (Phi) is 7.60. The van der Waals surface area contributed by atoms with Crippen molar-refractivity contribution >= 4 is 23.7 Å². The number of benzene rings is 1. The van der Waals surface area contributed by atoms with Gasteiger partial charge in [-0.15, -0.1) is 0 Å². The normalized spacial score (nSPS) is 10.7. The van der Waals surface area contributed by atoms with Crippen LogP contribution in [-0.4, -0.2) is 50.0 Å². The monoisotopic (exact) mass is 417 g/mol. The molecule has 1 aromatic carbocycles. The van der Waals surface area contributed by atoms with Crippen molar-refractivity contribution in [1.82, 2.24) is 4.90 Å². The second-order valence-electron chi connectivity index (χ2n) is 6.86. The van der Waals surface area contributed by atoms with Crippen LogP contribution in [0, 0.1) is 13.8 Å². The fourth-order valence-electron chi connectivity index (χ4n) is 3.11. The molecule has 2 aromatic rings. The van der Waals surface area contributed by atoms with Crippen LogP contribution < -0.4 is 15.8 Å². The maximum absolute atomic E-state index is 12.5. The molecule has 1 aromatic heterocycles. The summed E-state index contributed by atoms with van der Waals surface area (Å²) in [4.78, 5) is 38.3. The molecule has 0 fully saturated rings. The van der Waals surface area contributed by atoms with Crippen LogP contribution in [0.4, 0.5) is 5.88 Å². The van der Waals surface area contributed by atoms with Crippen LogP contribution in [0.1, 0.15) is 44.5 Å². The molecule has 1 heterocycles. The predicted octanol–water partition coefficient (Wildman–Crippen LogP) is 2.25. The molecule has 0 aliphatic carbocycles. The zero-order valence-corrected chi connectivity index (χ0v) is 17.8. The molecule has 0 unspecified atom stereocenters. The second kappa shape index (κ2) is 9.93. The zero-order valence-electron chi connectivity index (χ0n) is 17.8. The molecule has 0 saturated heterocycles. The second-order valence-corrected chi connectivity index (χ2v) is 6.86. The number of ether oxygens (including phenoxy) is 2. The standard InChI is InChI=1S/C21H27N3O6/c1-6-29-21(27)17-13(3)30-20(18(17)19(22)26)23-16(25)11-24(4)10-14-9-12(2)7-8-15(14)28-5/h7-9H,6,10-11H2,1-5H3,(H2,22,26)(H,23,25). The van der Waals surface area contributed by atoms with Gasteiger partial charge in [-0.25, -0.2) is 4.79 Å². The van der Waals surface area contributed by atoms with E-state index >= 15 is 0 Å². The summed E-state index contributed by atoms with van der Waals surface area (Å²) in [7, 11) is 3.36. The average molecular weight is 417 g/mol. The van der Waals surface area contributed by atoms with Crippen molar-refractivity contribution in [2.75, 3.05) is 32.6 Å². The molecule has 2 rings (SSSR count). The van der Waals surface area contributed by atoms with Crippen molar-refractivity contribution in [3.8, 4) is 5.75 Å². The minimum absolute atomic E-state index is 0.00376. The third-order valence-electron chi connectivity index (χ3n) is 4.35. The van der Waals surface area contributed by atoms with Crippen molar-refractivity contribution in [1.29, 1.82) is 0 Å². The number of hydrogen-bond acceptors (Lipinski definition) is 7. The van der Waals surface area contributed by atoms with Gasteiger partial charge in [-0.2, -0.15) is 0 Å². The number of nitrogens with zero attached hydrogens (tertiary/aromatic N) is 1. The van der Waals surface area contributed by atoms with Crippen LogP contribution in [0.5, 0.6) is 5.75 Å². The molecule has 0 atom stereocenters. The van der Waals surface area contributed by atoms with Crippen LogP contribution in [0.3, 0.4) is 0 Å². The van der Waals surface area contributed by atoms with Gasteiger partial charge >= 0.3 is 5.97 Å². The molecule has 0 spiro atoms. The highest BCUT2D eigenvalue weighted by Gasteiger charge is 2.29. The SMILES string of the molecule is CCOC(=O)c1c(C)oc(NC(=O)CN(C)Cc2cc(C)ccc2OC)c1C(N)=O. The Balaban J connectivity index is 2.15. The van der Waals surface area contributed by atoms with Gasteiger partial charge in [0.2, 0.25) is 11.8 Å². The minimum atomic E-state index is -0.900. The number of rotatable bonds is 9. The first kappa shape index (κ1) is 23.0. The molecule has 9 nitrogen and oxygen atoms in total. The number of primary amides is 1. The van der Waals surface area contributed by atoms with Gasteiger partial charge in [0.25, 0.3) is 5.91 Å². The number of likely N-dealkylation sites (N-methyl/N-ethyl adjacent to an activating group) is 1. The van der Waals surface area contributed by atoms with E-state index in [1.807, 2.05) is 25.1 Å². The van der Waals surface area contributed by atoms with Crippen molar-refractivity contribution in [2.24, 2.45) is 5.73 Å². The Bertz CT molecular complexity index is 950. The third-order valence-corrected chi connectivity index (χ3v) is 4.35. The molecular formula is C21H27N3O6. The molecule has 9 heteroatoms. The molecule has 30 heavy (non-hydrogen) atoms. The molecule has 0 aliphatic rings. The maximum Gasteiger partial charge on any atom is 0.342 e. The van der Waals surface area contributed by atoms with E-state index in [0.717, 1.165) is 16.9 Å². The Morgan fingerprint density at radius 1 is 1.20 bits per heavy atom. The molecule has 0 radical (unpaired) electrons. The van der Waals surface area contributed by atoms with E-state index in [1.54, 1.807) is 26.0 Å². The number of hydrogen-bond donors (Lipinski definition) is 2. The van der Waals surface area contributed by atoms with Crippen LogP contribution in [0.2, 0.25) is 0 Å². The number of carbonyl (C=O) groups excluding carboxylic acids is 3. The van der Waals surface area contributed by atoms with Crippen LogP contribution in [-0.2, 0) is 16.1 Å². The molecule has 2 amide bonds. The van der Waals surface area contributed by atoms with Crippen molar-refractivity contribution in [3.05, 3.63) is 46.2 Å². The van der Waals surface area contributed by atoms with Gasteiger partial charge in [0, 0.05) is 12.1 Å². The van der Waals surface area contributed by atoms with Crippen molar-refractivity contribution in [3.63, 3.8) is 0 Å². The summed E-state index contributed by atoms with van der Waals surface area (Å²) in [5, 5.41) is 2.52. The lowest BCUT2D eigenvalue weighted by atomic mass is 10.1. The highest BCUT2D eigenvalue weighted by Crippen LogP contribution is 2.28. The Morgan fingerprint density at radius 3 is 2.50 bits per heavy atom. The molecule has 0 aliphatic heterocycles. The Hall–Kier alpha value is -3.33. The Morgan fingerprint density at radius 2 is 1.90 bits per heavy atom. The van der Waals surface area contributed by atoms with E-state index in [-0.39, 0.29) is 35.9 Å². The van der Waals surface area contributed by atoms with E-state index in [0.29, 0.717) is 6.54 Å². The van der Waals surface area contributed by atoms with E-state index in [4.69, 9.17) is 19.6 Å². The predicted molar refractivity (Wildman–Crippen MR) is 111 cm³/mol. The fourth-order valence-corrected chi connectivity index (χ4v) is 3.11. The number of nitrogens with two attached hydrogens (primary N) is 1. The lowest BCUT2D eigenvalue weighted by Gasteiger charge is -2.18. The fraction of sp³-hybridized carbons (Fsp3) is 0.381. The van der Waals surface area contributed by atoms with Gasteiger partial charge < -0.3 is 19.6 Å². The van der Waals surface area contributed by atoms with Gasteiger partial charge in [-0.1, -0.05) is 17.7 Å². The zero-order chi connectivity index (χ0) is 22.4. The van der Waals surface area contributed by atoms with Gasteiger partial charge in [0.05, 0.1) is 20.3 Å². The molecule has 0 saturated carbocycles. The smallest absolute Gasteiger partial charge is 0.342 e. The van der Waals surface area contributed by atoms with E-state index in [1.165, 1.54) is 6.92 Å². The molecular weight excluding hydrogens is 390 g/mol. The molecule has 162 valence electrons. The average Bonchev–Trinajstić information content (AvgIpc) is 2.97. The maximum atomic E-state index is 12.5. The molecule has 3 N–H and O–H groups in total. The van der Waals surface area contributed by atoms with Crippen LogP contribution in [0.25, 0.3) is 0 Å². The van der Waals surface area contributed by atoms with E-state index in [9.17, 15) is 14.4 Å². The number of methoxy groups -OCH3 is 1. The summed E-state index contributed by atoms with van der Waals surface area (Å²) in [6.07, 6.45) is 0. The van der Waals surface area contributed by atoms with Crippen molar-refractivity contribution < 1.29 is 28.3 Å². The van der Waals surface area contributed by atoms with Gasteiger partial charge in [-0.05, 0) is 33.9 Å². The first-order valence-electron chi connectivity index (χ1n) is 9.40. The number of aryl methyl sites for hydroxylation is 2. The van der Waals surface area contributed by atoms with Gasteiger partial charge in [0.15, 0.2) is 0 Å². The summed E-state index contributed by atoms with van der Waals surface area (Å²) < 4.78 is 15.7. The summed E-state index contributed by atoms with van der Waals surface area (Å²) in [6, 6.07) is 5.81. The quantitative estimate of drug-likeness (QED) is 0.600. The van der Waals surface area contributed by atoms with E-state index in [2.05, 4.69) is 5.32 Å². The topological polar surface area (TPSA) is 124 Å². The summed E-state index contributed by atoms with van der Waals surface area (Å²) in [5.41, 5.74) is 7.12. The first-order valence-corrected chi connectivity index (χ1v) is 9.40. The Labute approximate surface area is 175 Å². The number of amides is 2. The highest BCUT2D eigenvalue weighted by molar-refractivity contribution is 6.10. The number of esters is 1. The largest absolute Gasteiger partial charge is 0.496 e. The molecule has 0 bridgehead atoms. The summed E-state index contributed by atoms with van der Waals surface area (Å²) in [5.74, 6) is -1.38. The third kappa shape index (κ3) is 5.38. The lowest BCUT2D eigenvalue weighted by molar-refractivity contribution is -0.117. The number of furan rings is 1. The first-order chi connectivity index (χ1) is 14.2. The summed E-state index contributed by atoms with van der Waals surface area (Å²) >= 11 is 0. The highest BCUT2D eigenvalue weighted by atomic mass is 16.5. The number of carbonyl (C=O) groups is 3. The minimum Gasteiger partial charge on any atom is -0.496 e. The number of anilines is 1. The van der Waals surface area contributed by atoms with Gasteiger partial charge in [-0.3, -0.25) is 19.8 Å². The number of nitrogens with one attached hydrogen (secondary N) is 1. The van der Waals surface area contributed by atoms with Gasteiger partial charge in [0.1, 0.15) is 22.6 Å².